The van der Waals surface area contributed by atoms with Crippen LogP contribution in [0.4, 0.5) is 4.79 Å². The van der Waals surface area contributed by atoms with Crippen LogP contribution >= 0.6 is 0 Å². The SMILES string of the molecule is CCOC(=O)N1CC2(CC(N3CCC(N4CCC[C@@H]4c4ccon4)CC3)C2)C1. The van der Waals surface area contributed by atoms with E-state index in [0.717, 1.165) is 24.8 Å². The molecule has 1 atom stereocenters. The highest BCUT2D eigenvalue weighted by Crippen LogP contribution is 2.51. The van der Waals surface area contributed by atoms with E-state index in [1.165, 1.54) is 58.2 Å². The molecule has 1 saturated carbocycles. The molecule has 4 heterocycles. The minimum atomic E-state index is -0.135. The molecule has 7 heteroatoms. The standard InChI is InChI=1S/C21H32N4O3/c1-2-27-20(26)24-14-21(15-24)12-17(13-21)23-9-5-16(6-10-23)25-8-3-4-19(25)18-7-11-28-22-18/h7,11,16-17,19H,2-6,8-10,12-15H2,1H3/t19-/m1/s1. The first kappa shape index (κ1) is 18.4. The normalized spacial score (nSPS) is 29.0. The zero-order valence-corrected chi connectivity index (χ0v) is 16.9. The predicted octanol–water partition coefficient (Wildman–Crippen LogP) is 2.90. The van der Waals surface area contributed by atoms with E-state index in [0.29, 0.717) is 24.1 Å². The average molecular weight is 389 g/mol. The van der Waals surface area contributed by atoms with Crippen molar-refractivity contribution in [2.75, 3.05) is 39.3 Å². The van der Waals surface area contributed by atoms with E-state index >= 15 is 0 Å². The fraction of sp³-hybridized carbons (Fsp3) is 0.810. The van der Waals surface area contributed by atoms with E-state index in [-0.39, 0.29) is 6.09 Å². The summed E-state index contributed by atoms with van der Waals surface area (Å²) < 4.78 is 10.2. The molecule has 0 unspecified atom stereocenters. The van der Waals surface area contributed by atoms with Crippen molar-refractivity contribution in [1.29, 1.82) is 0 Å². The number of rotatable bonds is 4. The van der Waals surface area contributed by atoms with Gasteiger partial charge in [0.15, 0.2) is 0 Å². The van der Waals surface area contributed by atoms with E-state index in [9.17, 15) is 4.79 Å². The molecule has 28 heavy (non-hydrogen) atoms. The number of likely N-dealkylation sites (tertiary alicyclic amines) is 3. The Morgan fingerprint density at radius 3 is 2.68 bits per heavy atom. The molecule has 1 aromatic heterocycles. The molecule has 4 fully saturated rings. The Balaban J connectivity index is 1.08. The lowest BCUT2D eigenvalue weighted by molar-refractivity contribution is -0.105. The van der Waals surface area contributed by atoms with Crippen LogP contribution in [-0.2, 0) is 4.74 Å². The lowest BCUT2D eigenvalue weighted by Crippen LogP contribution is -2.68. The number of carbonyl (C=O) groups is 1. The summed E-state index contributed by atoms with van der Waals surface area (Å²) in [5.74, 6) is 0. The zero-order valence-electron chi connectivity index (χ0n) is 16.9. The molecular weight excluding hydrogens is 356 g/mol. The van der Waals surface area contributed by atoms with Gasteiger partial charge in [0.05, 0.1) is 12.6 Å². The van der Waals surface area contributed by atoms with E-state index in [1.54, 1.807) is 6.26 Å². The van der Waals surface area contributed by atoms with Gasteiger partial charge in [0.1, 0.15) is 12.0 Å². The molecule has 154 valence electrons. The summed E-state index contributed by atoms with van der Waals surface area (Å²) in [6, 6.07) is 3.88. The fourth-order valence-corrected chi connectivity index (χ4v) is 6.08. The number of hydrogen-bond acceptors (Lipinski definition) is 6. The Morgan fingerprint density at radius 1 is 1.21 bits per heavy atom. The second-order valence-corrected chi connectivity index (χ2v) is 9.20. The van der Waals surface area contributed by atoms with Gasteiger partial charge in [-0.2, -0.15) is 0 Å². The summed E-state index contributed by atoms with van der Waals surface area (Å²) in [4.78, 5) is 19.0. The number of hydrogen-bond donors (Lipinski definition) is 0. The summed E-state index contributed by atoms with van der Waals surface area (Å²) in [6.45, 7) is 7.72. The highest BCUT2D eigenvalue weighted by Gasteiger charge is 2.55. The number of nitrogens with zero attached hydrogens (tertiary/aromatic N) is 4. The number of aromatic nitrogens is 1. The Kier molecular flexibility index (Phi) is 4.83. The molecule has 7 nitrogen and oxygen atoms in total. The Bertz CT molecular complexity index is 672. The van der Waals surface area contributed by atoms with Crippen LogP contribution in [0, 0.1) is 5.41 Å². The molecule has 3 saturated heterocycles. The van der Waals surface area contributed by atoms with Crippen molar-refractivity contribution in [1.82, 2.24) is 19.9 Å². The third-order valence-corrected chi connectivity index (χ3v) is 7.49. The van der Waals surface area contributed by atoms with Crippen LogP contribution < -0.4 is 0 Å². The topological polar surface area (TPSA) is 62.1 Å². The summed E-state index contributed by atoms with van der Waals surface area (Å²) in [6.07, 6.45) is 9.04. The molecule has 3 aliphatic heterocycles. The van der Waals surface area contributed by atoms with Crippen LogP contribution in [-0.4, -0.2) is 77.4 Å². The third kappa shape index (κ3) is 3.22. The fourth-order valence-electron chi connectivity index (χ4n) is 6.08. The molecule has 0 bridgehead atoms. The molecular formula is C21H32N4O3. The number of carbonyl (C=O) groups excluding carboxylic acids is 1. The van der Waals surface area contributed by atoms with Crippen LogP contribution in [0.3, 0.4) is 0 Å². The third-order valence-electron chi connectivity index (χ3n) is 7.49. The van der Waals surface area contributed by atoms with Crippen LogP contribution in [0.15, 0.2) is 16.9 Å². The van der Waals surface area contributed by atoms with Crippen molar-refractivity contribution in [3.8, 4) is 0 Å². The maximum absolute atomic E-state index is 11.8. The lowest BCUT2D eigenvalue weighted by Gasteiger charge is -2.61. The molecule has 4 aliphatic rings. The van der Waals surface area contributed by atoms with Crippen molar-refractivity contribution < 1.29 is 14.1 Å². The minimum absolute atomic E-state index is 0.135. The van der Waals surface area contributed by atoms with Crippen LogP contribution in [0.5, 0.6) is 0 Å². The highest BCUT2D eigenvalue weighted by molar-refractivity contribution is 5.69. The van der Waals surface area contributed by atoms with Gasteiger partial charge in [-0.3, -0.25) is 4.90 Å². The van der Waals surface area contributed by atoms with Crippen LogP contribution in [0.2, 0.25) is 0 Å². The monoisotopic (exact) mass is 388 g/mol. The van der Waals surface area contributed by atoms with Crippen molar-refractivity contribution in [2.45, 2.75) is 63.6 Å². The van der Waals surface area contributed by atoms with Crippen LogP contribution in [0.1, 0.15) is 57.2 Å². The second kappa shape index (κ2) is 7.34. The number of ether oxygens (including phenoxy) is 1. The van der Waals surface area contributed by atoms with Gasteiger partial charge in [0, 0.05) is 36.7 Å². The van der Waals surface area contributed by atoms with Gasteiger partial charge in [-0.1, -0.05) is 5.16 Å². The highest BCUT2D eigenvalue weighted by atomic mass is 16.6. The van der Waals surface area contributed by atoms with Gasteiger partial charge >= 0.3 is 6.09 Å². The maximum Gasteiger partial charge on any atom is 0.409 e. The van der Waals surface area contributed by atoms with Crippen LogP contribution in [0.25, 0.3) is 0 Å². The first-order chi connectivity index (χ1) is 13.7. The van der Waals surface area contributed by atoms with E-state index in [1.807, 2.05) is 17.9 Å². The molecule has 0 radical (unpaired) electrons. The molecule has 1 spiro atoms. The van der Waals surface area contributed by atoms with Gasteiger partial charge in [-0.05, 0) is 65.1 Å². The number of piperidine rings is 1. The van der Waals surface area contributed by atoms with Crippen molar-refractivity contribution in [3.63, 3.8) is 0 Å². The van der Waals surface area contributed by atoms with Crippen molar-refractivity contribution in [3.05, 3.63) is 18.0 Å². The molecule has 0 aromatic carbocycles. The Labute approximate surface area is 166 Å². The summed E-state index contributed by atoms with van der Waals surface area (Å²) >= 11 is 0. The first-order valence-electron chi connectivity index (χ1n) is 11.0. The molecule has 1 amide bonds. The summed E-state index contributed by atoms with van der Waals surface area (Å²) in [5.41, 5.74) is 1.50. The van der Waals surface area contributed by atoms with Crippen molar-refractivity contribution >= 4 is 6.09 Å². The van der Waals surface area contributed by atoms with Gasteiger partial charge in [0.2, 0.25) is 0 Å². The second-order valence-electron chi connectivity index (χ2n) is 9.20. The Morgan fingerprint density at radius 2 is 2.00 bits per heavy atom. The van der Waals surface area contributed by atoms with E-state index in [4.69, 9.17) is 9.26 Å². The summed E-state index contributed by atoms with van der Waals surface area (Å²) in [5, 5.41) is 4.21. The average Bonchev–Trinajstić information content (AvgIpc) is 3.31. The van der Waals surface area contributed by atoms with E-state index in [2.05, 4.69) is 15.0 Å². The molecule has 5 rings (SSSR count). The number of amides is 1. The molecule has 1 aliphatic carbocycles. The predicted molar refractivity (Wildman–Crippen MR) is 104 cm³/mol. The quantitative estimate of drug-likeness (QED) is 0.790. The maximum atomic E-state index is 11.8. The van der Waals surface area contributed by atoms with Gasteiger partial charge in [-0.25, -0.2) is 4.79 Å². The largest absolute Gasteiger partial charge is 0.450 e. The Hall–Kier alpha value is -1.60. The van der Waals surface area contributed by atoms with Gasteiger partial charge in [0.25, 0.3) is 0 Å². The first-order valence-corrected chi connectivity index (χ1v) is 11.0. The molecule has 1 aromatic rings. The zero-order chi connectivity index (χ0) is 19.1. The molecule has 0 N–H and O–H groups in total. The van der Waals surface area contributed by atoms with Gasteiger partial charge in [-0.15, -0.1) is 0 Å². The van der Waals surface area contributed by atoms with Gasteiger partial charge < -0.3 is 19.1 Å². The summed E-state index contributed by atoms with van der Waals surface area (Å²) in [7, 11) is 0. The van der Waals surface area contributed by atoms with E-state index < -0.39 is 0 Å². The lowest BCUT2D eigenvalue weighted by atomic mass is 9.60. The van der Waals surface area contributed by atoms with Crippen molar-refractivity contribution in [2.24, 2.45) is 5.41 Å². The smallest absolute Gasteiger partial charge is 0.409 e. The minimum Gasteiger partial charge on any atom is -0.450 e.